The molecule has 0 radical (unpaired) electrons. The van der Waals surface area contributed by atoms with Crippen molar-refractivity contribution >= 4 is 46.2 Å². The Morgan fingerprint density at radius 2 is 1.76 bits per heavy atom. The van der Waals surface area contributed by atoms with Gasteiger partial charge in [0.2, 0.25) is 5.91 Å². The number of ether oxygens (including phenoxy) is 1. The Morgan fingerprint density at radius 3 is 2.47 bits per heavy atom. The molecule has 7 heteroatoms. The number of halogens is 1. The summed E-state index contributed by atoms with van der Waals surface area (Å²) in [5, 5.41) is 7.63. The van der Waals surface area contributed by atoms with Crippen molar-refractivity contribution in [2.24, 2.45) is 5.92 Å². The molecular formula is C27H26ClN3O2S. The van der Waals surface area contributed by atoms with E-state index >= 15 is 0 Å². The quantitative estimate of drug-likeness (QED) is 0.436. The van der Waals surface area contributed by atoms with Gasteiger partial charge in [0.25, 0.3) is 0 Å². The van der Waals surface area contributed by atoms with Gasteiger partial charge in [-0.15, -0.1) is 0 Å². The maximum Gasteiger partial charge on any atom is 0.236 e. The lowest BCUT2D eigenvalue weighted by Gasteiger charge is -2.56. The average molecular weight is 492 g/mol. The minimum absolute atomic E-state index is 0.155. The molecule has 2 bridgehead atoms. The van der Waals surface area contributed by atoms with Crippen LogP contribution in [0.25, 0.3) is 0 Å². The third-order valence-electron chi connectivity index (χ3n) is 6.67. The SMILES string of the molecule is Cc1ccc(N2C(=S)N[C@H]3c4cc(Cl)ccc4O[C@@]2(C)[C@H]3C(=O)Nc2ccc(C)cc2C)cc1. The normalized spacial score (nSPS) is 23.0. The largest absolute Gasteiger partial charge is 0.467 e. The van der Waals surface area contributed by atoms with Crippen LogP contribution in [0, 0.1) is 26.7 Å². The number of anilines is 2. The summed E-state index contributed by atoms with van der Waals surface area (Å²) in [7, 11) is 0. The summed E-state index contributed by atoms with van der Waals surface area (Å²) in [6.45, 7) is 7.98. The number of fused-ring (bicyclic) bond motifs is 4. The number of carbonyl (C=O) groups excluding carboxylic acids is 1. The Balaban J connectivity index is 1.63. The fourth-order valence-corrected chi connectivity index (χ4v) is 5.60. The Morgan fingerprint density at radius 1 is 1.06 bits per heavy atom. The number of nitrogens with zero attached hydrogens (tertiary/aromatic N) is 1. The molecule has 2 N–H and O–H groups in total. The van der Waals surface area contributed by atoms with Crippen LogP contribution >= 0.6 is 23.8 Å². The zero-order valence-corrected chi connectivity index (χ0v) is 21.1. The number of hydrogen-bond acceptors (Lipinski definition) is 3. The third-order valence-corrected chi connectivity index (χ3v) is 7.21. The molecule has 0 unspecified atom stereocenters. The van der Waals surface area contributed by atoms with Crippen LogP contribution in [0.1, 0.15) is 35.2 Å². The number of amides is 1. The summed E-state index contributed by atoms with van der Waals surface area (Å²) in [6.07, 6.45) is 0. The van der Waals surface area contributed by atoms with Gasteiger partial charge in [-0.05, 0) is 81.9 Å². The minimum atomic E-state index is -1.06. The minimum Gasteiger partial charge on any atom is -0.467 e. The van der Waals surface area contributed by atoms with Crippen molar-refractivity contribution in [3.63, 3.8) is 0 Å². The van der Waals surface area contributed by atoms with Crippen molar-refractivity contribution in [3.8, 4) is 5.75 Å². The molecule has 1 saturated heterocycles. The number of hydrogen-bond donors (Lipinski definition) is 2. The summed E-state index contributed by atoms with van der Waals surface area (Å²) in [5.74, 6) is -0.0936. The molecule has 0 aliphatic carbocycles. The van der Waals surface area contributed by atoms with Gasteiger partial charge in [-0.3, -0.25) is 9.69 Å². The second-order valence-corrected chi connectivity index (χ2v) is 10.0. The van der Waals surface area contributed by atoms with E-state index in [4.69, 9.17) is 28.6 Å². The van der Waals surface area contributed by atoms with Crippen LogP contribution < -0.4 is 20.3 Å². The van der Waals surface area contributed by atoms with Gasteiger partial charge in [0.15, 0.2) is 10.8 Å². The maximum absolute atomic E-state index is 13.9. The van der Waals surface area contributed by atoms with E-state index in [1.54, 1.807) is 6.07 Å². The Hall–Kier alpha value is -3.09. The van der Waals surface area contributed by atoms with E-state index in [1.165, 1.54) is 0 Å². The number of thiocarbonyl (C=S) groups is 1. The highest BCUT2D eigenvalue weighted by Gasteiger charge is 2.59. The van der Waals surface area contributed by atoms with Gasteiger partial charge >= 0.3 is 0 Å². The lowest BCUT2D eigenvalue weighted by Crippen LogP contribution is -2.72. The molecule has 2 aliphatic rings. The van der Waals surface area contributed by atoms with Gasteiger partial charge in [-0.1, -0.05) is 47.0 Å². The van der Waals surface area contributed by atoms with Crippen LogP contribution in [0.5, 0.6) is 5.75 Å². The lowest BCUT2D eigenvalue weighted by atomic mass is 9.78. The molecule has 34 heavy (non-hydrogen) atoms. The highest BCUT2D eigenvalue weighted by Crippen LogP contribution is 2.50. The van der Waals surface area contributed by atoms with Crippen molar-refractivity contribution < 1.29 is 9.53 Å². The molecule has 3 atom stereocenters. The Kier molecular flexibility index (Phi) is 5.53. The number of rotatable bonds is 3. The van der Waals surface area contributed by atoms with Gasteiger partial charge < -0.3 is 15.4 Å². The summed E-state index contributed by atoms with van der Waals surface area (Å²) >= 11 is 12.1. The van der Waals surface area contributed by atoms with Gasteiger partial charge in [0.1, 0.15) is 11.7 Å². The molecule has 2 aliphatic heterocycles. The van der Waals surface area contributed by atoms with Crippen molar-refractivity contribution in [1.82, 2.24) is 5.32 Å². The molecule has 0 saturated carbocycles. The first kappa shape index (κ1) is 22.7. The van der Waals surface area contributed by atoms with Crippen molar-refractivity contribution in [3.05, 3.63) is 87.9 Å². The molecule has 174 valence electrons. The van der Waals surface area contributed by atoms with Crippen LogP contribution in [0.3, 0.4) is 0 Å². The Labute approximate surface area is 210 Å². The van der Waals surface area contributed by atoms with E-state index in [2.05, 4.69) is 16.7 Å². The predicted octanol–water partition coefficient (Wildman–Crippen LogP) is 6.06. The first-order valence-corrected chi connectivity index (χ1v) is 12.0. The predicted molar refractivity (Wildman–Crippen MR) is 141 cm³/mol. The van der Waals surface area contributed by atoms with Crippen LogP contribution in [0.15, 0.2) is 60.7 Å². The summed E-state index contributed by atoms with van der Waals surface area (Å²) in [6, 6.07) is 19.1. The second kappa shape index (κ2) is 8.29. The number of benzene rings is 3. The molecule has 0 spiro atoms. The van der Waals surface area contributed by atoms with Crippen LogP contribution in [-0.4, -0.2) is 16.7 Å². The molecule has 1 fully saturated rings. The van der Waals surface area contributed by atoms with Crippen molar-refractivity contribution in [2.75, 3.05) is 10.2 Å². The highest BCUT2D eigenvalue weighted by molar-refractivity contribution is 7.80. The first-order valence-electron chi connectivity index (χ1n) is 11.2. The summed E-state index contributed by atoms with van der Waals surface area (Å²) in [4.78, 5) is 15.8. The van der Waals surface area contributed by atoms with Gasteiger partial charge in [-0.2, -0.15) is 0 Å². The highest BCUT2D eigenvalue weighted by atomic mass is 35.5. The van der Waals surface area contributed by atoms with Crippen LogP contribution in [0.2, 0.25) is 5.02 Å². The average Bonchev–Trinajstić information content (AvgIpc) is 2.77. The zero-order valence-electron chi connectivity index (χ0n) is 19.5. The number of nitrogens with one attached hydrogen (secondary N) is 2. The summed E-state index contributed by atoms with van der Waals surface area (Å²) in [5.41, 5.74) is 4.66. The Bertz CT molecular complexity index is 1310. The summed E-state index contributed by atoms with van der Waals surface area (Å²) < 4.78 is 6.61. The second-order valence-electron chi connectivity index (χ2n) is 9.22. The maximum atomic E-state index is 13.9. The molecule has 2 heterocycles. The molecule has 5 nitrogen and oxygen atoms in total. The van der Waals surface area contributed by atoms with E-state index in [9.17, 15) is 4.79 Å². The zero-order chi connectivity index (χ0) is 24.2. The first-order chi connectivity index (χ1) is 16.2. The molecule has 3 aromatic carbocycles. The van der Waals surface area contributed by atoms with Crippen LogP contribution in [0.4, 0.5) is 11.4 Å². The fraction of sp³-hybridized carbons (Fsp3) is 0.259. The van der Waals surface area contributed by atoms with Gasteiger partial charge in [0.05, 0.1) is 6.04 Å². The van der Waals surface area contributed by atoms with E-state index in [0.717, 1.165) is 33.6 Å². The molecule has 1 amide bonds. The fourth-order valence-electron chi connectivity index (χ4n) is 5.00. The third kappa shape index (κ3) is 3.71. The van der Waals surface area contributed by atoms with Crippen molar-refractivity contribution in [2.45, 2.75) is 39.5 Å². The smallest absolute Gasteiger partial charge is 0.236 e. The van der Waals surface area contributed by atoms with E-state index in [-0.39, 0.29) is 5.91 Å². The van der Waals surface area contributed by atoms with Crippen molar-refractivity contribution in [1.29, 1.82) is 0 Å². The van der Waals surface area contributed by atoms with E-state index in [0.29, 0.717) is 15.9 Å². The van der Waals surface area contributed by atoms with E-state index < -0.39 is 17.7 Å². The number of aryl methyl sites for hydroxylation is 3. The van der Waals surface area contributed by atoms with Gasteiger partial charge in [-0.25, -0.2) is 0 Å². The molecular weight excluding hydrogens is 466 g/mol. The number of carbonyl (C=O) groups is 1. The monoisotopic (exact) mass is 491 g/mol. The molecule has 0 aromatic heterocycles. The standard InChI is InChI=1S/C27H26ClN3O2S/c1-15-5-9-19(10-6-15)31-26(34)30-24-20-14-18(28)8-12-22(20)33-27(31,4)23(24)25(32)29-21-11-7-16(2)13-17(21)3/h5-14,23-24H,1-4H3,(H,29,32)(H,30,34)/t23-,24+,27+/m1/s1. The van der Waals surface area contributed by atoms with Crippen LogP contribution in [-0.2, 0) is 4.79 Å². The van der Waals surface area contributed by atoms with E-state index in [1.807, 2.05) is 81.1 Å². The molecule has 5 rings (SSSR count). The topological polar surface area (TPSA) is 53.6 Å². The van der Waals surface area contributed by atoms with Gasteiger partial charge in [0, 0.05) is 22.0 Å². The lowest BCUT2D eigenvalue weighted by molar-refractivity contribution is -0.130. The molecule has 3 aromatic rings.